The first-order valence-electron chi connectivity index (χ1n) is 6.85. The number of thioether (sulfide) groups is 1. The second kappa shape index (κ2) is 6.27. The molecule has 1 aromatic carbocycles. The van der Waals surface area contributed by atoms with Crippen LogP contribution in [0.2, 0.25) is 0 Å². The molecule has 0 fully saturated rings. The zero-order valence-electron chi connectivity index (χ0n) is 12.3. The molecular formula is C16H15FN4S. The Morgan fingerprint density at radius 2 is 2.00 bits per heavy atom. The normalized spacial score (nSPS) is 10.9. The quantitative estimate of drug-likeness (QED) is 0.544. The number of halogens is 1. The van der Waals surface area contributed by atoms with E-state index in [9.17, 15) is 4.39 Å². The average molecular weight is 314 g/mol. The van der Waals surface area contributed by atoms with E-state index in [0.717, 1.165) is 27.8 Å². The molecule has 6 heteroatoms. The van der Waals surface area contributed by atoms with Gasteiger partial charge in [0.1, 0.15) is 17.2 Å². The van der Waals surface area contributed by atoms with Gasteiger partial charge >= 0.3 is 0 Å². The summed E-state index contributed by atoms with van der Waals surface area (Å²) in [6.45, 7) is 3.94. The van der Waals surface area contributed by atoms with Crippen molar-refractivity contribution in [3.05, 3.63) is 65.5 Å². The number of benzene rings is 1. The lowest BCUT2D eigenvalue weighted by Crippen LogP contribution is -2.02. The van der Waals surface area contributed by atoms with Crippen LogP contribution in [0.3, 0.4) is 0 Å². The fourth-order valence-electron chi connectivity index (χ4n) is 2.17. The summed E-state index contributed by atoms with van der Waals surface area (Å²) in [5.74, 6) is 1.18. The van der Waals surface area contributed by atoms with E-state index >= 15 is 0 Å². The number of hydrogen-bond acceptors (Lipinski definition) is 4. The first kappa shape index (κ1) is 14.7. The minimum Gasteiger partial charge on any atom is -0.230 e. The summed E-state index contributed by atoms with van der Waals surface area (Å²) in [5, 5.41) is 5.25. The van der Waals surface area contributed by atoms with Gasteiger partial charge in [0.2, 0.25) is 0 Å². The topological polar surface area (TPSA) is 43.6 Å². The molecule has 0 saturated heterocycles. The fourth-order valence-corrected chi connectivity index (χ4v) is 2.97. The number of nitrogens with zero attached hydrogens (tertiary/aromatic N) is 4. The Labute approximate surface area is 132 Å². The van der Waals surface area contributed by atoms with E-state index in [1.54, 1.807) is 22.5 Å². The molecule has 4 nitrogen and oxygen atoms in total. The maximum Gasteiger partial charge on any atom is 0.158 e. The number of hydrogen-bond donors (Lipinski definition) is 0. The molecule has 0 unspecified atom stereocenters. The monoisotopic (exact) mass is 314 g/mol. The van der Waals surface area contributed by atoms with E-state index < -0.39 is 0 Å². The highest BCUT2D eigenvalue weighted by atomic mass is 32.2. The first-order chi connectivity index (χ1) is 10.6. The van der Waals surface area contributed by atoms with Gasteiger partial charge in [0.05, 0.1) is 5.69 Å². The summed E-state index contributed by atoms with van der Waals surface area (Å²) in [6.07, 6.45) is 1.53. The third-order valence-electron chi connectivity index (χ3n) is 3.13. The van der Waals surface area contributed by atoms with Gasteiger partial charge < -0.3 is 0 Å². The Balaban J connectivity index is 1.78. The third-order valence-corrected chi connectivity index (χ3v) is 4.13. The first-order valence-corrected chi connectivity index (χ1v) is 7.83. The van der Waals surface area contributed by atoms with Gasteiger partial charge in [-0.1, -0.05) is 12.1 Å². The number of aromatic nitrogens is 4. The Morgan fingerprint density at radius 1 is 1.14 bits per heavy atom. The predicted molar refractivity (Wildman–Crippen MR) is 84.6 cm³/mol. The Hall–Kier alpha value is -2.21. The highest BCUT2D eigenvalue weighted by molar-refractivity contribution is 7.98. The number of aryl methyl sites for hydroxylation is 2. The summed E-state index contributed by atoms with van der Waals surface area (Å²) in [6, 6.07) is 10.5. The summed E-state index contributed by atoms with van der Waals surface area (Å²) in [5.41, 5.74) is 2.90. The SMILES string of the molecule is Cc1cc(C)n(-c2cc(SCc3cccc(F)c3)ncn2)n1. The third kappa shape index (κ3) is 3.33. The van der Waals surface area contributed by atoms with Crippen molar-refractivity contribution >= 4 is 11.8 Å². The molecule has 22 heavy (non-hydrogen) atoms. The Bertz CT molecular complexity index is 800. The van der Waals surface area contributed by atoms with E-state index in [4.69, 9.17) is 0 Å². The summed E-state index contributed by atoms with van der Waals surface area (Å²) in [4.78, 5) is 8.52. The zero-order chi connectivity index (χ0) is 15.5. The van der Waals surface area contributed by atoms with Gasteiger partial charge in [-0.05, 0) is 37.6 Å². The van der Waals surface area contributed by atoms with E-state index in [0.29, 0.717) is 5.75 Å². The maximum atomic E-state index is 13.2. The van der Waals surface area contributed by atoms with Gasteiger partial charge in [0, 0.05) is 17.5 Å². The highest BCUT2D eigenvalue weighted by Crippen LogP contribution is 2.22. The van der Waals surface area contributed by atoms with E-state index in [1.807, 2.05) is 32.0 Å². The van der Waals surface area contributed by atoms with Crippen molar-refractivity contribution in [1.82, 2.24) is 19.7 Å². The molecular weight excluding hydrogens is 299 g/mol. The summed E-state index contributed by atoms with van der Waals surface area (Å²) in [7, 11) is 0. The van der Waals surface area contributed by atoms with Crippen LogP contribution >= 0.6 is 11.8 Å². The molecule has 0 spiro atoms. The second-order valence-electron chi connectivity index (χ2n) is 4.97. The van der Waals surface area contributed by atoms with Crippen molar-refractivity contribution in [2.24, 2.45) is 0 Å². The minimum atomic E-state index is -0.218. The van der Waals surface area contributed by atoms with Gasteiger partial charge in [-0.15, -0.1) is 11.8 Å². The second-order valence-corrected chi connectivity index (χ2v) is 5.97. The molecule has 0 bridgehead atoms. The molecule has 0 radical (unpaired) electrons. The highest BCUT2D eigenvalue weighted by Gasteiger charge is 2.07. The molecule has 112 valence electrons. The Kier molecular flexibility index (Phi) is 4.20. The van der Waals surface area contributed by atoms with Crippen LogP contribution in [0, 0.1) is 19.7 Å². The van der Waals surface area contributed by atoms with Crippen LogP contribution in [0.1, 0.15) is 17.0 Å². The number of rotatable bonds is 4. The van der Waals surface area contributed by atoms with Crippen molar-refractivity contribution in [2.75, 3.05) is 0 Å². The van der Waals surface area contributed by atoms with Crippen LogP contribution in [0.5, 0.6) is 0 Å². The summed E-state index contributed by atoms with van der Waals surface area (Å²) < 4.78 is 15.0. The maximum absolute atomic E-state index is 13.2. The van der Waals surface area contributed by atoms with Crippen molar-refractivity contribution in [2.45, 2.75) is 24.6 Å². The molecule has 0 atom stereocenters. The molecule has 3 rings (SSSR count). The van der Waals surface area contributed by atoms with Gasteiger partial charge in [0.25, 0.3) is 0 Å². The van der Waals surface area contributed by atoms with Crippen LogP contribution in [-0.2, 0) is 5.75 Å². The molecule has 2 heterocycles. The molecule has 2 aromatic heterocycles. The molecule has 0 aliphatic carbocycles. The van der Waals surface area contributed by atoms with Gasteiger partial charge in [-0.25, -0.2) is 19.0 Å². The lowest BCUT2D eigenvalue weighted by Gasteiger charge is -2.05. The smallest absolute Gasteiger partial charge is 0.158 e. The van der Waals surface area contributed by atoms with Crippen molar-refractivity contribution in [3.8, 4) is 5.82 Å². The van der Waals surface area contributed by atoms with E-state index in [2.05, 4.69) is 15.1 Å². The van der Waals surface area contributed by atoms with Crippen LogP contribution < -0.4 is 0 Å². The lowest BCUT2D eigenvalue weighted by atomic mass is 10.2. The van der Waals surface area contributed by atoms with Crippen molar-refractivity contribution < 1.29 is 4.39 Å². The van der Waals surface area contributed by atoms with Gasteiger partial charge in [-0.2, -0.15) is 5.10 Å². The van der Waals surface area contributed by atoms with E-state index in [1.165, 1.54) is 18.5 Å². The average Bonchev–Trinajstić information content (AvgIpc) is 2.84. The van der Waals surface area contributed by atoms with Crippen LogP contribution in [0.25, 0.3) is 5.82 Å². The van der Waals surface area contributed by atoms with Crippen molar-refractivity contribution in [1.29, 1.82) is 0 Å². The molecule has 0 aliphatic heterocycles. The molecule has 0 saturated carbocycles. The molecule has 0 amide bonds. The van der Waals surface area contributed by atoms with Crippen LogP contribution in [0.4, 0.5) is 4.39 Å². The fraction of sp³-hybridized carbons (Fsp3) is 0.188. The Morgan fingerprint density at radius 3 is 2.73 bits per heavy atom. The van der Waals surface area contributed by atoms with Crippen LogP contribution in [0.15, 0.2) is 47.8 Å². The summed E-state index contributed by atoms with van der Waals surface area (Å²) >= 11 is 1.54. The lowest BCUT2D eigenvalue weighted by molar-refractivity contribution is 0.626. The largest absolute Gasteiger partial charge is 0.230 e. The van der Waals surface area contributed by atoms with Gasteiger partial charge in [0.15, 0.2) is 5.82 Å². The molecule has 0 N–H and O–H groups in total. The van der Waals surface area contributed by atoms with E-state index in [-0.39, 0.29) is 5.82 Å². The molecule has 3 aromatic rings. The van der Waals surface area contributed by atoms with Crippen molar-refractivity contribution in [3.63, 3.8) is 0 Å². The standard InChI is InChI=1S/C16H15FN4S/c1-11-6-12(2)21(20-11)15-8-16(19-10-18-15)22-9-13-4-3-5-14(17)7-13/h3-8,10H,9H2,1-2H3. The minimum absolute atomic E-state index is 0.218. The van der Waals surface area contributed by atoms with Gasteiger partial charge in [-0.3, -0.25) is 0 Å². The van der Waals surface area contributed by atoms with Crippen LogP contribution in [-0.4, -0.2) is 19.7 Å². The zero-order valence-corrected chi connectivity index (χ0v) is 13.1. The molecule has 0 aliphatic rings. The predicted octanol–water partition coefficient (Wildman–Crippen LogP) is 3.71.